The summed E-state index contributed by atoms with van der Waals surface area (Å²) >= 11 is 0. The highest BCUT2D eigenvalue weighted by Gasteiger charge is 2.07. The summed E-state index contributed by atoms with van der Waals surface area (Å²) in [6, 6.07) is 7.28. The van der Waals surface area contributed by atoms with Crippen LogP contribution < -0.4 is 10.6 Å². The van der Waals surface area contributed by atoms with Crippen LogP contribution in [0.3, 0.4) is 0 Å². The third-order valence-electron chi connectivity index (χ3n) is 2.93. The van der Waals surface area contributed by atoms with Crippen molar-refractivity contribution in [2.45, 2.75) is 39.5 Å². The fourth-order valence-corrected chi connectivity index (χ4v) is 1.95. The summed E-state index contributed by atoms with van der Waals surface area (Å²) in [5.41, 5.74) is 1.73. The number of ether oxygens (including phenoxy) is 3. The van der Waals surface area contributed by atoms with Crippen molar-refractivity contribution < 1.29 is 19.0 Å². The molecule has 0 saturated carbocycles. The Hall–Kier alpha value is -1.63. The SMILES string of the molecule is COCC(C)NC(=O)Nc1cccc(COCCOC(C)C)c1. The van der Waals surface area contributed by atoms with Gasteiger partial charge in [-0.2, -0.15) is 0 Å². The number of hydrogen-bond acceptors (Lipinski definition) is 4. The monoisotopic (exact) mass is 324 g/mol. The predicted molar refractivity (Wildman–Crippen MR) is 90.7 cm³/mol. The number of methoxy groups -OCH3 is 1. The minimum absolute atomic E-state index is 0.0486. The fourth-order valence-electron chi connectivity index (χ4n) is 1.95. The number of amides is 2. The van der Waals surface area contributed by atoms with Crippen LogP contribution in [0.1, 0.15) is 26.3 Å². The molecule has 0 bridgehead atoms. The number of anilines is 1. The molecule has 6 nitrogen and oxygen atoms in total. The van der Waals surface area contributed by atoms with Crippen molar-refractivity contribution in [3.8, 4) is 0 Å². The number of urea groups is 1. The van der Waals surface area contributed by atoms with E-state index in [1.54, 1.807) is 7.11 Å². The number of nitrogens with one attached hydrogen (secondary N) is 2. The number of benzene rings is 1. The first-order valence-corrected chi connectivity index (χ1v) is 7.86. The van der Waals surface area contributed by atoms with Gasteiger partial charge >= 0.3 is 6.03 Å². The Morgan fingerprint density at radius 1 is 1.22 bits per heavy atom. The third kappa shape index (κ3) is 9.18. The van der Waals surface area contributed by atoms with Gasteiger partial charge < -0.3 is 24.8 Å². The Balaban J connectivity index is 2.36. The van der Waals surface area contributed by atoms with E-state index >= 15 is 0 Å². The molecule has 0 spiro atoms. The number of hydrogen-bond donors (Lipinski definition) is 2. The van der Waals surface area contributed by atoms with Crippen molar-refractivity contribution in [3.63, 3.8) is 0 Å². The maximum absolute atomic E-state index is 11.8. The molecule has 0 aliphatic carbocycles. The van der Waals surface area contributed by atoms with Gasteiger partial charge in [0.05, 0.1) is 38.6 Å². The normalized spacial score (nSPS) is 12.2. The van der Waals surface area contributed by atoms with Crippen LogP contribution in [0.4, 0.5) is 10.5 Å². The Bertz CT molecular complexity index is 466. The molecule has 1 unspecified atom stereocenters. The van der Waals surface area contributed by atoms with Crippen LogP contribution in [0.5, 0.6) is 0 Å². The minimum atomic E-state index is -0.252. The quantitative estimate of drug-likeness (QED) is 0.649. The topological polar surface area (TPSA) is 68.8 Å². The zero-order valence-corrected chi connectivity index (χ0v) is 14.4. The van der Waals surface area contributed by atoms with Crippen LogP contribution in [0.2, 0.25) is 0 Å². The largest absolute Gasteiger partial charge is 0.383 e. The number of carbonyl (C=O) groups excluding carboxylic acids is 1. The standard InChI is InChI=1S/C17H28N2O4/c1-13(2)23-9-8-22-12-15-6-5-7-16(10-15)19-17(20)18-14(3)11-21-4/h5-7,10,13-14H,8-9,11-12H2,1-4H3,(H2,18,19,20). The highest BCUT2D eigenvalue weighted by molar-refractivity contribution is 5.89. The molecule has 6 heteroatoms. The van der Waals surface area contributed by atoms with Gasteiger partial charge in [0.2, 0.25) is 0 Å². The van der Waals surface area contributed by atoms with Gasteiger partial charge in [-0.15, -0.1) is 0 Å². The van der Waals surface area contributed by atoms with E-state index in [0.717, 1.165) is 11.3 Å². The lowest BCUT2D eigenvalue weighted by molar-refractivity contribution is 0.0143. The van der Waals surface area contributed by atoms with E-state index in [4.69, 9.17) is 14.2 Å². The lowest BCUT2D eigenvalue weighted by Crippen LogP contribution is -2.38. The average molecular weight is 324 g/mol. The zero-order valence-electron chi connectivity index (χ0n) is 14.4. The molecule has 23 heavy (non-hydrogen) atoms. The second-order valence-electron chi connectivity index (χ2n) is 5.63. The summed E-state index contributed by atoms with van der Waals surface area (Å²) in [5.74, 6) is 0. The summed E-state index contributed by atoms with van der Waals surface area (Å²) < 4.78 is 16.0. The maximum Gasteiger partial charge on any atom is 0.319 e. The van der Waals surface area contributed by atoms with Gasteiger partial charge in [-0.3, -0.25) is 0 Å². The molecule has 1 rings (SSSR count). The summed E-state index contributed by atoms with van der Waals surface area (Å²) in [5, 5.41) is 5.60. The van der Waals surface area contributed by atoms with Crippen molar-refractivity contribution in [2.75, 3.05) is 32.2 Å². The summed E-state index contributed by atoms with van der Waals surface area (Å²) in [4.78, 5) is 11.8. The van der Waals surface area contributed by atoms with Gasteiger partial charge in [-0.05, 0) is 38.5 Å². The van der Waals surface area contributed by atoms with E-state index in [2.05, 4.69) is 10.6 Å². The molecular formula is C17H28N2O4. The predicted octanol–water partition coefficient (Wildman–Crippen LogP) is 2.78. The third-order valence-corrected chi connectivity index (χ3v) is 2.93. The first-order chi connectivity index (χ1) is 11.0. The Labute approximate surface area is 138 Å². The van der Waals surface area contributed by atoms with E-state index < -0.39 is 0 Å². The molecule has 0 saturated heterocycles. The first kappa shape index (κ1) is 19.4. The second kappa shape index (κ2) is 11.0. The highest BCUT2D eigenvalue weighted by Crippen LogP contribution is 2.11. The Morgan fingerprint density at radius 3 is 2.70 bits per heavy atom. The molecule has 1 atom stereocenters. The highest BCUT2D eigenvalue weighted by atomic mass is 16.5. The lowest BCUT2D eigenvalue weighted by atomic mass is 10.2. The van der Waals surface area contributed by atoms with Crippen molar-refractivity contribution in [1.29, 1.82) is 0 Å². The van der Waals surface area contributed by atoms with Crippen molar-refractivity contribution in [3.05, 3.63) is 29.8 Å². The number of rotatable bonds is 10. The van der Waals surface area contributed by atoms with Crippen LogP contribution in [-0.4, -0.2) is 45.1 Å². The van der Waals surface area contributed by atoms with E-state index in [1.807, 2.05) is 45.0 Å². The fraction of sp³-hybridized carbons (Fsp3) is 0.588. The van der Waals surface area contributed by atoms with Crippen LogP contribution in [0.25, 0.3) is 0 Å². The first-order valence-electron chi connectivity index (χ1n) is 7.86. The van der Waals surface area contributed by atoms with Gasteiger partial charge in [0.1, 0.15) is 0 Å². The molecular weight excluding hydrogens is 296 g/mol. The van der Waals surface area contributed by atoms with Crippen LogP contribution in [0.15, 0.2) is 24.3 Å². The Kier molecular flexibility index (Phi) is 9.28. The molecule has 0 aliphatic rings. The summed E-state index contributed by atoms with van der Waals surface area (Å²) in [7, 11) is 1.60. The molecule has 0 fully saturated rings. The number of carbonyl (C=O) groups is 1. The van der Waals surface area contributed by atoms with Gasteiger partial charge in [-0.25, -0.2) is 4.79 Å². The van der Waals surface area contributed by atoms with Gasteiger partial charge in [0.15, 0.2) is 0 Å². The molecule has 2 amide bonds. The molecule has 0 radical (unpaired) electrons. The zero-order chi connectivity index (χ0) is 17.1. The minimum Gasteiger partial charge on any atom is -0.383 e. The van der Waals surface area contributed by atoms with Crippen molar-refractivity contribution >= 4 is 11.7 Å². The van der Waals surface area contributed by atoms with Crippen molar-refractivity contribution in [1.82, 2.24) is 5.32 Å². The van der Waals surface area contributed by atoms with Crippen LogP contribution in [-0.2, 0) is 20.8 Å². The molecule has 2 N–H and O–H groups in total. The van der Waals surface area contributed by atoms with Gasteiger partial charge in [-0.1, -0.05) is 12.1 Å². The lowest BCUT2D eigenvalue weighted by Gasteiger charge is -2.14. The van der Waals surface area contributed by atoms with E-state index in [-0.39, 0.29) is 18.2 Å². The second-order valence-corrected chi connectivity index (χ2v) is 5.63. The molecule has 1 aromatic rings. The van der Waals surface area contributed by atoms with E-state index in [9.17, 15) is 4.79 Å². The van der Waals surface area contributed by atoms with Gasteiger partial charge in [0, 0.05) is 12.8 Å². The molecule has 0 heterocycles. The van der Waals surface area contributed by atoms with Crippen LogP contribution >= 0.6 is 0 Å². The average Bonchev–Trinajstić information content (AvgIpc) is 2.47. The van der Waals surface area contributed by atoms with Crippen LogP contribution in [0, 0.1) is 0 Å². The smallest absolute Gasteiger partial charge is 0.319 e. The molecule has 0 aromatic heterocycles. The Morgan fingerprint density at radius 2 is 2.00 bits per heavy atom. The maximum atomic E-state index is 11.8. The molecule has 130 valence electrons. The van der Waals surface area contributed by atoms with E-state index in [0.29, 0.717) is 26.4 Å². The van der Waals surface area contributed by atoms with E-state index in [1.165, 1.54) is 0 Å². The summed E-state index contributed by atoms with van der Waals surface area (Å²) in [6.45, 7) is 7.95. The van der Waals surface area contributed by atoms with Crippen molar-refractivity contribution in [2.24, 2.45) is 0 Å². The summed E-state index contributed by atoms with van der Waals surface area (Å²) in [6.07, 6.45) is 0.213. The molecule has 0 aliphatic heterocycles. The van der Waals surface area contributed by atoms with Gasteiger partial charge in [0.25, 0.3) is 0 Å². The molecule has 1 aromatic carbocycles.